The Labute approximate surface area is 107 Å². The van der Waals surface area contributed by atoms with Crippen molar-refractivity contribution >= 4 is 10.0 Å². The van der Waals surface area contributed by atoms with Crippen LogP contribution in [0, 0.1) is 0 Å². The van der Waals surface area contributed by atoms with Crippen molar-refractivity contribution in [1.29, 1.82) is 0 Å². The maximum absolute atomic E-state index is 12.2. The van der Waals surface area contributed by atoms with Crippen LogP contribution in [0.5, 0.6) is 0 Å². The van der Waals surface area contributed by atoms with Gasteiger partial charge in [-0.3, -0.25) is 0 Å². The quantitative estimate of drug-likeness (QED) is 0.851. The van der Waals surface area contributed by atoms with Crippen LogP contribution in [0.25, 0.3) is 0 Å². The fourth-order valence-electron chi connectivity index (χ4n) is 2.10. The van der Waals surface area contributed by atoms with E-state index in [2.05, 4.69) is 4.83 Å². The van der Waals surface area contributed by atoms with Crippen molar-refractivity contribution in [2.45, 2.75) is 30.8 Å². The average molecular weight is 270 g/mol. The Balaban J connectivity index is 2.19. The number of nitrogens with zero attached hydrogens (tertiary/aromatic N) is 1. The van der Waals surface area contributed by atoms with E-state index in [0.29, 0.717) is 5.56 Å². The number of aliphatic hydroxyl groups is 1. The lowest BCUT2D eigenvalue weighted by atomic mass is 10.2. The number of hydrogen-bond donors (Lipinski definition) is 2. The zero-order chi connectivity index (χ0) is 13.0. The maximum atomic E-state index is 12.2. The molecular weight excluding hydrogens is 252 g/mol. The van der Waals surface area contributed by atoms with Crippen LogP contribution in [0.4, 0.5) is 0 Å². The molecule has 0 amide bonds. The molecule has 100 valence electrons. The Hall–Kier alpha value is -0.950. The number of rotatable bonds is 4. The van der Waals surface area contributed by atoms with Crippen LogP contribution in [0.15, 0.2) is 29.2 Å². The predicted octanol–water partition coefficient (Wildman–Crippen LogP) is 0.858. The third-order valence-electron chi connectivity index (χ3n) is 3.04. The van der Waals surface area contributed by atoms with E-state index in [1.165, 1.54) is 6.07 Å². The normalized spacial score (nSPS) is 17.8. The van der Waals surface area contributed by atoms with E-state index >= 15 is 0 Å². The summed E-state index contributed by atoms with van der Waals surface area (Å²) in [7, 11) is -3.59. The fraction of sp³-hybridized carbons (Fsp3) is 0.500. The van der Waals surface area contributed by atoms with Gasteiger partial charge in [0.25, 0.3) is 10.0 Å². The van der Waals surface area contributed by atoms with Gasteiger partial charge in [0.2, 0.25) is 0 Å². The summed E-state index contributed by atoms with van der Waals surface area (Å²) in [4.78, 5) is 2.73. The van der Waals surface area contributed by atoms with Gasteiger partial charge in [-0.2, -0.15) is 0 Å². The number of piperidine rings is 1. The fourth-order valence-corrected chi connectivity index (χ4v) is 3.46. The molecule has 0 aliphatic carbocycles. The van der Waals surface area contributed by atoms with Crippen LogP contribution in [0.3, 0.4) is 0 Å². The van der Waals surface area contributed by atoms with Gasteiger partial charge in [-0.25, -0.2) is 13.4 Å². The minimum atomic E-state index is -3.59. The van der Waals surface area contributed by atoms with E-state index in [-0.39, 0.29) is 11.5 Å². The highest BCUT2D eigenvalue weighted by molar-refractivity contribution is 7.89. The van der Waals surface area contributed by atoms with Crippen molar-refractivity contribution in [3.63, 3.8) is 0 Å². The molecule has 0 saturated carbocycles. The van der Waals surface area contributed by atoms with Crippen molar-refractivity contribution < 1.29 is 13.5 Å². The van der Waals surface area contributed by atoms with Gasteiger partial charge in [-0.15, -0.1) is 4.83 Å². The van der Waals surface area contributed by atoms with Gasteiger partial charge in [-0.1, -0.05) is 24.6 Å². The SMILES string of the molecule is O=S(=O)(NN1CCCCC1)c1ccccc1CO. The molecule has 1 aromatic carbocycles. The van der Waals surface area contributed by atoms with Gasteiger partial charge in [0.05, 0.1) is 11.5 Å². The van der Waals surface area contributed by atoms with E-state index in [1.807, 2.05) is 0 Å². The monoisotopic (exact) mass is 270 g/mol. The van der Waals surface area contributed by atoms with Crippen molar-refractivity contribution in [2.24, 2.45) is 0 Å². The van der Waals surface area contributed by atoms with Crippen LogP contribution in [0.2, 0.25) is 0 Å². The maximum Gasteiger partial charge on any atom is 0.253 e. The second-order valence-corrected chi connectivity index (χ2v) is 6.04. The molecule has 0 radical (unpaired) electrons. The molecule has 1 fully saturated rings. The van der Waals surface area contributed by atoms with E-state index in [1.54, 1.807) is 23.2 Å². The molecule has 0 bridgehead atoms. The van der Waals surface area contributed by atoms with Gasteiger partial charge in [0.15, 0.2) is 0 Å². The number of nitrogens with one attached hydrogen (secondary N) is 1. The second-order valence-electron chi connectivity index (χ2n) is 4.41. The molecule has 0 aromatic heterocycles. The van der Waals surface area contributed by atoms with E-state index in [4.69, 9.17) is 0 Å². The smallest absolute Gasteiger partial charge is 0.253 e. The Bertz CT molecular complexity index is 496. The summed E-state index contributed by atoms with van der Waals surface area (Å²) in [5.41, 5.74) is 0.419. The van der Waals surface area contributed by atoms with Crippen molar-refractivity contribution in [3.05, 3.63) is 29.8 Å². The average Bonchev–Trinajstić information content (AvgIpc) is 2.39. The van der Waals surface area contributed by atoms with Gasteiger partial charge >= 0.3 is 0 Å². The molecule has 1 aromatic rings. The summed E-state index contributed by atoms with van der Waals surface area (Å²) in [6, 6.07) is 6.50. The summed E-state index contributed by atoms with van der Waals surface area (Å²) in [5.74, 6) is 0. The van der Waals surface area contributed by atoms with Gasteiger partial charge in [0, 0.05) is 13.1 Å². The first-order valence-corrected chi connectivity index (χ1v) is 7.58. The molecule has 2 N–H and O–H groups in total. The molecular formula is C12H18N2O3S. The van der Waals surface area contributed by atoms with Gasteiger partial charge in [-0.05, 0) is 24.5 Å². The molecule has 2 rings (SSSR count). The summed E-state index contributed by atoms with van der Waals surface area (Å²) in [6.45, 7) is 1.19. The summed E-state index contributed by atoms with van der Waals surface area (Å²) >= 11 is 0. The minimum absolute atomic E-state index is 0.151. The van der Waals surface area contributed by atoms with E-state index in [0.717, 1.165) is 32.4 Å². The molecule has 0 atom stereocenters. The molecule has 1 heterocycles. The highest BCUT2D eigenvalue weighted by atomic mass is 32.2. The Morgan fingerprint density at radius 1 is 1.17 bits per heavy atom. The lowest BCUT2D eigenvalue weighted by molar-refractivity contribution is 0.199. The number of hydrazine groups is 1. The molecule has 1 aliphatic heterocycles. The summed E-state index contributed by atoms with van der Waals surface area (Å²) in [6.07, 6.45) is 3.15. The van der Waals surface area contributed by atoms with Crippen molar-refractivity contribution in [3.8, 4) is 0 Å². The van der Waals surface area contributed by atoms with Crippen LogP contribution in [-0.4, -0.2) is 31.6 Å². The highest BCUT2D eigenvalue weighted by Gasteiger charge is 2.21. The summed E-state index contributed by atoms with van der Waals surface area (Å²) < 4.78 is 24.4. The third-order valence-corrected chi connectivity index (χ3v) is 4.51. The number of hydrogen-bond acceptors (Lipinski definition) is 4. The standard InChI is InChI=1S/C12H18N2O3S/c15-10-11-6-2-3-7-12(11)18(16,17)13-14-8-4-1-5-9-14/h2-3,6-7,13,15H,1,4-5,8-10H2. The Morgan fingerprint density at radius 3 is 2.50 bits per heavy atom. The molecule has 0 unspecified atom stereocenters. The van der Waals surface area contributed by atoms with Crippen LogP contribution in [-0.2, 0) is 16.6 Å². The molecule has 1 aliphatic rings. The number of benzene rings is 1. The largest absolute Gasteiger partial charge is 0.392 e. The zero-order valence-electron chi connectivity index (χ0n) is 10.2. The van der Waals surface area contributed by atoms with Crippen LogP contribution < -0.4 is 4.83 Å². The number of sulfonamides is 1. The Kier molecular flexibility index (Phi) is 4.34. The first kappa shape index (κ1) is 13.5. The predicted molar refractivity (Wildman–Crippen MR) is 68.1 cm³/mol. The zero-order valence-corrected chi connectivity index (χ0v) is 11.0. The van der Waals surface area contributed by atoms with Gasteiger partial charge in [0.1, 0.15) is 0 Å². The summed E-state index contributed by atoms with van der Waals surface area (Å²) in [5, 5.41) is 10.9. The Morgan fingerprint density at radius 2 is 1.83 bits per heavy atom. The number of aliphatic hydroxyl groups excluding tert-OH is 1. The molecule has 5 nitrogen and oxygen atoms in total. The first-order valence-electron chi connectivity index (χ1n) is 6.09. The molecule has 18 heavy (non-hydrogen) atoms. The van der Waals surface area contributed by atoms with Crippen LogP contribution in [0.1, 0.15) is 24.8 Å². The van der Waals surface area contributed by atoms with Crippen molar-refractivity contribution in [2.75, 3.05) is 13.1 Å². The topological polar surface area (TPSA) is 69.6 Å². The highest BCUT2D eigenvalue weighted by Crippen LogP contribution is 2.16. The minimum Gasteiger partial charge on any atom is -0.392 e. The second kappa shape index (κ2) is 5.79. The van der Waals surface area contributed by atoms with Gasteiger partial charge < -0.3 is 5.11 Å². The lowest BCUT2D eigenvalue weighted by Crippen LogP contribution is -2.45. The first-order chi connectivity index (χ1) is 8.63. The van der Waals surface area contributed by atoms with Crippen molar-refractivity contribution in [1.82, 2.24) is 9.84 Å². The van der Waals surface area contributed by atoms with Crippen LogP contribution >= 0.6 is 0 Å². The molecule has 1 saturated heterocycles. The van der Waals surface area contributed by atoms with E-state index < -0.39 is 10.0 Å². The molecule has 6 heteroatoms. The van der Waals surface area contributed by atoms with E-state index in [9.17, 15) is 13.5 Å². The third kappa shape index (κ3) is 3.08. The molecule has 0 spiro atoms. The lowest BCUT2D eigenvalue weighted by Gasteiger charge is -2.26.